The molecule has 1 amide bonds. The summed E-state index contributed by atoms with van der Waals surface area (Å²) in [6.45, 7) is 0.947. The van der Waals surface area contributed by atoms with Crippen LogP contribution < -0.4 is 19.1 Å². The Morgan fingerprint density at radius 2 is 1.64 bits per heavy atom. The number of aryl methyl sites for hydroxylation is 1. The van der Waals surface area contributed by atoms with Crippen LogP contribution in [0.3, 0.4) is 0 Å². The molecule has 0 aliphatic heterocycles. The molecule has 0 radical (unpaired) electrons. The van der Waals surface area contributed by atoms with Gasteiger partial charge in [0.25, 0.3) is 10.0 Å². The Balaban J connectivity index is 2.07. The number of hydrogen-bond acceptors (Lipinski definition) is 5. The molecule has 3 rings (SSSR count). The number of ether oxygens (including phenoxy) is 2. The van der Waals surface area contributed by atoms with Crippen molar-refractivity contribution in [3.05, 3.63) is 77.9 Å². The molecule has 0 bridgehead atoms. The zero-order chi connectivity index (χ0) is 24.2. The van der Waals surface area contributed by atoms with Gasteiger partial charge in [-0.3, -0.25) is 9.10 Å². The smallest absolute Gasteiger partial charge is 0.268 e. The molecule has 0 aliphatic carbocycles. The fraction of sp³-hybridized carbons (Fsp3) is 0.174. The van der Waals surface area contributed by atoms with Crippen LogP contribution in [0.4, 0.5) is 20.2 Å². The van der Waals surface area contributed by atoms with Crippen LogP contribution in [-0.2, 0) is 14.8 Å². The summed E-state index contributed by atoms with van der Waals surface area (Å²) in [5.74, 6) is -2.49. The Labute approximate surface area is 190 Å². The number of rotatable bonds is 8. The molecule has 0 saturated heterocycles. The van der Waals surface area contributed by atoms with Crippen molar-refractivity contribution in [1.82, 2.24) is 0 Å². The fourth-order valence-corrected chi connectivity index (χ4v) is 4.77. The van der Waals surface area contributed by atoms with Crippen molar-refractivity contribution in [3.63, 3.8) is 0 Å². The highest BCUT2D eigenvalue weighted by atomic mass is 32.2. The third-order valence-corrected chi connectivity index (χ3v) is 6.54. The minimum Gasteiger partial charge on any atom is -0.497 e. The summed E-state index contributed by atoms with van der Waals surface area (Å²) in [5.41, 5.74) is 0.0959. The molecule has 0 saturated carbocycles. The van der Waals surface area contributed by atoms with E-state index in [4.69, 9.17) is 9.47 Å². The van der Waals surface area contributed by atoms with Crippen LogP contribution in [-0.4, -0.2) is 35.1 Å². The first-order chi connectivity index (χ1) is 15.7. The lowest BCUT2D eigenvalue weighted by Crippen LogP contribution is -2.38. The number of nitrogens with one attached hydrogen (secondary N) is 1. The van der Waals surface area contributed by atoms with E-state index < -0.39 is 39.8 Å². The van der Waals surface area contributed by atoms with Crippen LogP contribution in [0.25, 0.3) is 0 Å². The van der Waals surface area contributed by atoms with Gasteiger partial charge in [0.1, 0.15) is 40.3 Å². The number of sulfonamides is 1. The van der Waals surface area contributed by atoms with Crippen LogP contribution >= 0.6 is 0 Å². The molecule has 0 spiro atoms. The molecule has 3 aromatic rings. The van der Waals surface area contributed by atoms with Gasteiger partial charge in [-0.1, -0.05) is 18.2 Å². The summed E-state index contributed by atoms with van der Waals surface area (Å²) < 4.78 is 66.5. The van der Waals surface area contributed by atoms with Crippen LogP contribution in [0.15, 0.2) is 65.6 Å². The number of nitrogens with zero attached hydrogens (tertiary/aromatic N) is 1. The molecule has 0 heterocycles. The maximum Gasteiger partial charge on any atom is 0.268 e. The molecule has 0 unspecified atom stereocenters. The van der Waals surface area contributed by atoms with Crippen molar-refractivity contribution in [3.8, 4) is 11.5 Å². The zero-order valence-electron chi connectivity index (χ0n) is 18.1. The second kappa shape index (κ2) is 9.86. The maximum atomic E-state index is 14.0. The van der Waals surface area contributed by atoms with Gasteiger partial charge in [0.05, 0.1) is 19.9 Å². The highest BCUT2D eigenvalue weighted by Gasteiger charge is 2.31. The van der Waals surface area contributed by atoms with Crippen LogP contribution in [0, 0.1) is 18.6 Å². The summed E-state index contributed by atoms with van der Waals surface area (Å²) in [6, 6.07) is 13.8. The Kier molecular flexibility index (Phi) is 7.17. The Hall–Kier alpha value is -3.66. The summed E-state index contributed by atoms with van der Waals surface area (Å²) in [7, 11) is -1.61. The molecular formula is C23H22F2N2O5S. The standard InChI is InChI=1S/C23H22F2N2O5S/c1-15-10-11-20(32-3)21(12-15)33(29,30)27(16-6-4-7-17(13-16)31-2)14-22(28)26-23-18(24)8-5-9-19(23)25/h4-13H,14H2,1-3H3,(H,26,28). The minimum absolute atomic E-state index is 0.0778. The van der Waals surface area contributed by atoms with E-state index in [-0.39, 0.29) is 16.3 Å². The molecule has 174 valence electrons. The first kappa shape index (κ1) is 24.0. The summed E-state index contributed by atoms with van der Waals surface area (Å²) >= 11 is 0. The number of para-hydroxylation sites is 1. The van der Waals surface area contributed by atoms with Gasteiger partial charge in [-0.25, -0.2) is 17.2 Å². The Bertz CT molecular complexity index is 1260. The van der Waals surface area contributed by atoms with Gasteiger partial charge in [0, 0.05) is 6.07 Å². The predicted molar refractivity (Wildman–Crippen MR) is 120 cm³/mol. The number of hydrogen-bond donors (Lipinski definition) is 1. The van der Waals surface area contributed by atoms with E-state index in [2.05, 4.69) is 5.32 Å². The van der Waals surface area contributed by atoms with Crippen molar-refractivity contribution in [1.29, 1.82) is 0 Å². The number of methoxy groups -OCH3 is 2. The third-order valence-electron chi connectivity index (χ3n) is 4.74. The second-order valence-corrected chi connectivity index (χ2v) is 8.84. The monoisotopic (exact) mass is 476 g/mol. The summed E-state index contributed by atoms with van der Waals surface area (Å²) in [5, 5.41) is 2.11. The first-order valence-corrected chi connectivity index (χ1v) is 11.2. The van der Waals surface area contributed by atoms with Gasteiger partial charge < -0.3 is 14.8 Å². The highest BCUT2D eigenvalue weighted by molar-refractivity contribution is 7.93. The summed E-state index contributed by atoms with van der Waals surface area (Å²) in [4.78, 5) is 12.6. The normalized spacial score (nSPS) is 11.1. The number of amides is 1. The Morgan fingerprint density at radius 1 is 0.970 bits per heavy atom. The molecule has 7 nitrogen and oxygen atoms in total. The molecule has 0 atom stereocenters. The number of anilines is 2. The van der Waals surface area contributed by atoms with Gasteiger partial charge in [0.15, 0.2) is 0 Å². The fourth-order valence-electron chi connectivity index (χ4n) is 3.11. The van der Waals surface area contributed by atoms with E-state index in [9.17, 15) is 22.0 Å². The average molecular weight is 477 g/mol. The number of carbonyl (C=O) groups excluding carboxylic acids is 1. The minimum atomic E-state index is -4.35. The molecule has 1 N–H and O–H groups in total. The van der Waals surface area contributed by atoms with E-state index in [0.29, 0.717) is 11.3 Å². The van der Waals surface area contributed by atoms with Crippen LogP contribution in [0.1, 0.15) is 5.56 Å². The highest BCUT2D eigenvalue weighted by Crippen LogP contribution is 2.32. The van der Waals surface area contributed by atoms with E-state index >= 15 is 0 Å². The van der Waals surface area contributed by atoms with Crippen molar-refractivity contribution in [2.45, 2.75) is 11.8 Å². The van der Waals surface area contributed by atoms with Gasteiger partial charge in [0.2, 0.25) is 5.91 Å². The number of benzene rings is 3. The van der Waals surface area contributed by atoms with Crippen LogP contribution in [0.5, 0.6) is 11.5 Å². The lowest BCUT2D eigenvalue weighted by atomic mass is 10.2. The SMILES string of the molecule is COc1cccc(N(CC(=O)Nc2c(F)cccc2F)S(=O)(=O)c2cc(C)ccc2OC)c1. The van der Waals surface area contributed by atoms with Crippen LogP contribution in [0.2, 0.25) is 0 Å². The topological polar surface area (TPSA) is 84.9 Å². The largest absolute Gasteiger partial charge is 0.497 e. The first-order valence-electron chi connectivity index (χ1n) is 9.72. The average Bonchev–Trinajstić information content (AvgIpc) is 2.80. The molecule has 10 heteroatoms. The number of carbonyl (C=O) groups is 1. The van der Waals surface area contributed by atoms with E-state index in [1.165, 1.54) is 38.5 Å². The zero-order valence-corrected chi connectivity index (χ0v) is 18.9. The second-order valence-electron chi connectivity index (χ2n) is 7.01. The lowest BCUT2D eigenvalue weighted by Gasteiger charge is -2.25. The molecule has 0 fully saturated rings. The lowest BCUT2D eigenvalue weighted by molar-refractivity contribution is -0.114. The third kappa shape index (κ3) is 5.23. The van der Waals surface area contributed by atoms with E-state index in [0.717, 1.165) is 22.5 Å². The molecule has 0 aromatic heterocycles. The van der Waals surface area contributed by atoms with Crippen molar-refractivity contribution < 1.29 is 31.5 Å². The van der Waals surface area contributed by atoms with Crippen molar-refractivity contribution >= 4 is 27.3 Å². The number of halogens is 2. The molecule has 3 aromatic carbocycles. The molecule has 0 aliphatic rings. The summed E-state index contributed by atoms with van der Waals surface area (Å²) in [6.07, 6.45) is 0. The van der Waals surface area contributed by atoms with Crippen molar-refractivity contribution in [2.75, 3.05) is 30.4 Å². The van der Waals surface area contributed by atoms with Gasteiger partial charge in [-0.15, -0.1) is 0 Å². The quantitative estimate of drug-likeness (QED) is 0.529. The van der Waals surface area contributed by atoms with E-state index in [1.54, 1.807) is 25.1 Å². The Morgan fingerprint density at radius 3 is 2.27 bits per heavy atom. The van der Waals surface area contributed by atoms with Gasteiger partial charge in [-0.05, 0) is 48.9 Å². The maximum absolute atomic E-state index is 14.0. The van der Waals surface area contributed by atoms with E-state index in [1.807, 2.05) is 0 Å². The van der Waals surface area contributed by atoms with Gasteiger partial charge in [-0.2, -0.15) is 0 Å². The predicted octanol–water partition coefficient (Wildman–Crippen LogP) is 4.12. The molecule has 33 heavy (non-hydrogen) atoms. The van der Waals surface area contributed by atoms with Gasteiger partial charge >= 0.3 is 0 Å². The molecular weight excluding hydrogens is 454 g/mol. The van der Waals surface area contributed by atoms with Crippen molar-refractivity contribution in [2.24, 2.45) is 0 Å².